The lowest BCUT2D eigenvalue weighted by Crippen LogP contribution is -2.52. The van der Waals surface area contributed by atoms with E-state index in [9.17, 15) is 4.79 Å². The van der Waals surface area contributed by atoms with E-state index in [0.717, 1.165) is 25.4 Å². The zero-order valence-electron chi connectivity index (χ0n) is 9.53. The Morgan fingerprint density at radius 1 is 1.56 bits per heavy atom. The first kappa shape index (κ1) is 13.1. The maximum Gasteiger partial charge on any atom is 0.289 e. The predicted molar refractivity (Wildman–Crippen MR) is 64.1 cm³/mol. The number of rotatable bonds is 1. The minimum absolute atomic E-state index is 0. The van der Waals surface area contributed by atoms with Gasteiger partial charge in [0.05, 0.1) is 0 Å². The summed E-state index contributed by atoms with van der Waals surface area (Å²) in [7, 11) is 0. The molecule has 1 N–H and O–H groups in total. The van der Waals surface area contributed by atoms with E-state index in [1.165, 1.54) is 0 Å². The van der Waals surface area contributed by atoms with Crippen LogP contribution >= 0.6 is 12.4 Å². The summed E-state index contributed by atoms with van der Waals surface area (Å²) in [4.78, 5) is 13.9. The van der Waals surface area contributed by atoms with Crippen molar-refractivity contribution in [3.05, 3.63) is 23.7 Å². The first-order valence-corrected chi connectivity index (χ1v) is 5.26. The lowest BCUT2D eigenvalue weighted by Gasteiger charge is -2.33. The highest BCUT2D eigenvalue weighted by atomic mass is 35.5. The third-order valence-corrected chi connectivity index (χ3v) is 2.71. The van der Waals surface area contributed by atoms with Crippen molar-refractivity contribution in [3.63, 3.8) is 0 Å². The van der Waals surface area contributed by atoms with E-state index in [1.807, 2.05) is 24.8 Å². The smallest absolute Gasteiger partial charge is 0.289 e. The molecular formula is C11H17ClN2O2. The molecule has 0 spiro atoms. The summed E-state index contributed by atoms with van der Waals surface area (Å²) in [5.41, 5.74) is 0. The molecular weight excluding hydrogens is 228 g/mol. The Morgan fingerprint density at radius 3 is 2.88 bits per heavy atom. The molecule has 90 valence electrons. The SMILES string of the molecule is Cc1ccc(C(=O)N2CCNCC2C)o1.Cl. The number of furan rings is 1. The van der Waals surface area contributed by atoms with E-state index in [4.69, 9.17) is 4.42 Å². The summed E-state index contributed by atoms with van der Waals surface area (Å²) < 4.78 is 5.34. The number of nitrogens with one attached hydrogen (secondary N) is 1. The zero-order chi connectivity index (χ0) is 10.8. The Labute approximate surface area is 101 Å². The van der Waals surface area contributed by atoms with Crippen LogP contribution in [-0.4, -0.2) is 36.5 Å². The van der Waals surface area contributed by atoms with Crippen molar-refractivity contribution in [2.24, 2.45) is 0 Å². The molecule has 4 nitrogen and oxygen atoms in total. The second-order valence-electron chi connectivity index (χ2n) is 3.96. The van der Waals surface area contributed by atoms with Gasteiger partial charge in [-0.1, -0.05) is 0 Å². The number of hydrogen-bond donors (Lipinski definition) is 1. The van der Waals surface area contributed by atoms with Crippen molar-refractivity contribution in [1.82, 2.24) is 10.2 Å². The zero-order valence-corrected chi connectivity index (χ0v) is 10.3. The van der Waals surface area contributed by atoms with Crippen molar-refractivity contribution in [2.75, 3.05) is 19.6 Å². The van der Waals surface area contributed by atoms with Gasteiger partial charge in [0.25, 0.3) is 5.91 Å². The van der Waals surface area contributed by atoms with E-state index >= 15 is 0 Å². The molecule has 1 aromatic rings. The summed E-state index contributed by atoms with van der Waals surface area (Å²) in [6.07, 6.45) is 0. The van der Waals surface area contributed by atoms with Crippen molar-refractivity contribution < 1.29 is 9.21 Å². The molecule has 5 heteroatoms. The van der Waals surface area contributed by atoms with Crippen molar-refractivity contribution >= 4 is 18.3 Å². The van der Waals surface area contributed by atoms with Crippen molar-refractivity contribution in [3.8, 4) is 0 Å². The Hall–Kier alpha value is -1.00. The Balaban J connectivity index is 0.00000128. The molecule has 1 aromatic heterocycles. The summed E-state index contributed by atoms with van der Waals surface area (Å²) >= 11 is 0. The van der Waals surface area contributed by atoms with Crippen molar-refractivity contribution in [2.45, 2.75) is 19.9 Å². The van der Waals surface area contributed by atoms with Gasteiger partial charge in [-0.2, -0.15) is 0 Å². The second-order valence-corrected chi connectivity index (χ2v) is 3.96. The Kier molecular flexibility index (Phi) is 4.38. The fourth-order valence-corrected chi connectivity index (χ4v) is 1.83. The highest BCUT2D eigenvalue weighted by Gasteiger charge is 2.25. The minimum atomic E-state index is -0.00269. The standard InChI is InChI=1S/C11H16N2O2.ClH/c1-8-7-12-5-6-13(8)11(14)10-4-3-9(2)15-10;/h3-4,8,12H,5-7H2,1-2H3;1H. The quantitative estimate of drug-likeness (QED) is 0.813. The molecule has 1 unspecified atom stereocenters. The molecule has 2 rings (SSSR count). The molecule has 1 aliphatic rings. The third kappa shape index (κ3) is 2.57. The lowest BCUT2D eigenvalue weighted by molar-refractivity contribution is 0.0622. The topological polar surface area (TPSA) is 45.5 Å². The molecule has 16 heavy (non-hydrogen) atoms. The summed E-state index contributed by atoms with van der Waals surface area (Å²) in [5.74, 6) is 1.22. The van der Waals surface area contributed by atoms with Crippen LogP contribution in [0.3, 0.4) is 0 Å². The number of hydrogen-bond acceptors (Lipinski definition) is 3. The molecule has 0 bridgehead atoms. The van der Waals surface area contributed by atoms with Gasteiger partial charge in [-0.3, -0.25) is 4.79 Å². The normalized spacial score (nSPS) is 20.4. The lowest BCUT2D eigenvalue weighted by atomic mass is 10.2. The first-order valence-electron chi connectivity index (χ1n) is 5.26. The number of amides is 1. The van der Waals surface area contributed by atoms with Gasteiger partial charge in [0.2, 0.25) is 0 Å². The number of halogens is 1. The van der Waals surface area contributed by atoms with Crippen LogP contribution in [0.2, 0.25) is 0 Å². The summed E-state index contributed by atoms with van der Waals surface area (Å²) in [6.45, 7) is 6.35. The third-order valence-electron chi connectivity index (χ3n) is 2.71. The van der Waals surface area contributed by atoms with Crippen LogP contribution in [0.25, 0.3) is 0 Å². The number of aryl methyl sites for hydroxylation is 1. The van der Waals surface area contributed by atoms with E-state index < -0.39 is 0 Å². The van der Waals surface area contributed by atoms with Gasteiger partial charge in [0, 0.05) is 25.7 Å². The van der Waals surface area contributed by atoms with Crippen LogP contribution in [0.1, 0.15) is 23.2 Å². The van der Waals surface area contributed by atoms with Crippen LogP contribution in [0.4, 0.5) is 0 Å². The van der Waals surface area contributed by atoms with Gasteiger partial charge in [0.15, 0.2) is 5.76 Å². The first-order chi connectivity index (χ1) is 7.18. The summed E-state index contributed by atoms with van der Waals surface area (Å²) in [5, 5.41) is 3.25. The maximum absolute atomic E-state index is 12.0. The molecule has 1 amide bonds. The molecule has 0 aliphatic carbocycles. The summed E-state index contributed by atoms with van der Waals surface area (Å²) in [6, 6.07) is 3.80. The number of carbonyl (C=O) groups excluding carboxylic acids is 1. The fourth-order valence-electron chi connectivity index (χ4n) is 1.83. The van der Waals surface area contributed by atoms with E-state index in [1.54, 1.807) is 6.07 Å². The Bertz CT molecular complexity index is 365. The van der Waals surface area contributed by atoms with Crippen LogP contribution in [0.5, 0.6) is 0 Å². The van der Waals surface area contributed by atoms with E-state index in [2.05, 4.69) is 5.32 Å². The minimum Gasteiger partial charge on any atom is -0.456 e. The average molecular weight is 245 g/mol. The molecule has 1 fully saturated rings. The molecule has 1 atom stereocenters. The number of carbonyl (C=O) groups is 1. The van der Waals surface area contributed by atoms with Crippen LogP contribution in [0, 0.1) is 6.92 Å². The van der Waals surface area contributed by atoms with E-state index in [0.29, 0.717) is 5.76 Å². The predicted octanol–water partition coefficient (Wildman–Crippen LogP) is 1.44. The Morgan fingerprint density at radius 2 is 2.31 bits per heavy atom. The van der Waals surface area contributed by atoms with Gasteiger partial charge < -0.3 is 14.6 Å². The van der Waals surface area contributed by atoms with Gasteiger partial charge in [-0.15, -0.1) is 12.4 Å². The fraction of sp³-hybridized carbons (Fsp3) is 0.545. The second kappa shape index (κ2) is 5.37. The monoisotopic (exact) mass is 244 g/mol. The van der Waals surface area contributed by atoms with Gasteiger partial charge in [-0.25, -0.2) is 0 Å². The van der Waals surface area contributed by atoms with Crippen molar-refractivity contribution in [1.29, 1.82) is 0 Å². The molecule has 0 radical (unpaired) electrons. The van der Waals surface area contributed by atoms with E-state index in [-0.39, 0.29) is 24.4 Å². The van der Waals surface area contributed by atoms with Crippen LogP contribution < -0.4 is 5.32 Å². The molecule has 0 aromatic carbocycles. The molecule has 0 saturated carbocycles. The van der Waals surface area contributed by atoms with Crippen LogP contribution in [-0.2, 0) is 0 Å². The van der Waals surface area contributed by atoms with Gasteiger partial charge in [-0.05, 0) is 26.0 Å². The average Bonchev–Trinajstić information content (AvgIpc) is 2.65. The van der Waals surface area contributed by atoms with Gasteiger partial charge >= 0.3 is 0 Å². The molecule has 1 saturated heterocycles. The largest absolute Gasteiger partial charge is 0.456 e. The number of nitrogens with zero attached hydrogens (tertiary/aromatic N) is 1. The number of piperazine rings is 1. The molecule has 1 aliphatic heterocycles. The molecule has 2 heterocycles. The highest BCUT2D eigenvalue weighted by Crippen LogP contribution is 2.12. The van der Waals surface area contributed by atoms with Crippen LogP contribution in [0.15, 0.2) is 16.5 Å². The maximum atomic E-state index is 12.0. The van der Waals surface area contributed by atoms with Gasteiger partial charge in [0.1, 0.15) is 5.76 Å². The highest BCUT2D eigenvalue weighted by molar-refractivity contribution is 5.91.